The van der Waals surface area contributed by atoms with Gasteiger partial charge in [-0.1, -0.05) is 0 Å². The molecule has 0 fully saturated rings. The van der Waals surface area contributed by atoms with Crippen LogP contribution in [0.2, 0.25) is 0 Å². The minimum atomic E-state index is -2.80. The predicted octanol–water partition coefficient (Wildman–Crippen LogP) is 4.50. The number of aromatic nitrogens is 5. The summed E-state index contributed by atoms with van der Waals surface area (Å²) in [7, 11) is 0. The van der Waals surface area contributed by atoms with Gasteiger partial charge < -0.3 is 20.1 Å². The van der Waals surface area contributed by atoms with Crippen LogP contribution in [-0.2, 0) is 6.61 Å². The van der Waals surface area contributed by atoms with Gasteiger partial charge in [0.25, 0.3) is 6.43 Å². The van der Waals surface area contributed by atoms with Gasteiger partial charge in [-0.15, -0.1) is 0 Å². The Morgan fingerprint density at radius 2 is 1.83 bits per heavy atom. The summed E-state index contributed by atoms with van der Waals surface area (Å²) in [5.41, 5.74) is 7.32. The maximum Gasteiger partial charge on any atom is 0.280 e. The van der Waals surface area contributed by atoms with Gasteiger partial charge in [0.05, 0.1) is 23.9 Å². The highest BCUT2D eigenvalue weighted by Gasteiger charge is 2.22. The molecule has 182 valence electrons. The Bertz CT molecular complexity index is 1330. The molecule has 4 aromatic rings. The van der Waals surface area contributed by atoms with Crippen molar-refractivity contribution in [2.24, 2.45) is 0 Å². The lowest BCUT2D eigenvalue weighted by Crippen LogP contribution is -2.14. The van der Waals surface area contributed by atoms with Crippen molar-refractivity contribution in [3.63, 3.8) is 0 Å². The van der Waals surface area contributed by atoms with Crippen LogP contribution in [0.4, 0.5) is 19.1 Å². The van der Waals surface area contributed by atoms with E-state index in [1.54, 1.807) is 30.0 Å². The molecule has 0 aliphatic heterocycles. The van der Waals surface area contributed by atoms with E-state index >= 15 is 0 Å². The number of anilines is 1. The van der Waals surface area contributed by atoms with Gasteiger partial charge in [-0.2, -0.15) is 4.98 Å². The normalized spacial score (nSPS) is 12.2. The molecule has 0 spiro atoms. The number of ether oxygens (including phenoxy) is 1. The number of aliphatic hydroxyl groups excluding tert-OH is 1. The smallest absolute Gasteiger partial charge is 0.280 e. The minimum Gasteiger partial charge on any atom is -0.469 e. The molecule has 3 N–H and O–H groups in total. The number of hydrogen-bond acceptors (Lipinski definition) is 7. The van der Waals surface area contributed by atoms with E-state index in [0.717, 1.165) is 0 Å². The van der Waals surface area contributed by atoms with Crippen LogP contribution in [0.5, 0.6) is 5.88 Å². The first-order chi connectivity index (χ1) is 16.8. The number of alkyl halides is 2. The van der Waals surface area contributed by atoms with Gasteiger partial charge in [0.2, 0.25) is 11.8 Å². The molecule has 0 saturated heterocycles. The van der Waals surface area contributed by atoms with Crippen molar-refractivity contribution in [3.05, 3.63) is 71.8 Å². The van der Waals surface area contributed by atoms with Crippen LogP contribution in [0.25, 0.3) is 22.4 Å². The van der Waals surface area contributed by atoms with E-state index < -0.39 is 17.9 Å². The Morgan fingerprint density at radius 3 is 2.51 bits per heavy atom. The van der Waals surface area contributed by atoms with Gasteiger partial charge in [-0.3, -0.25) is 4.98 Å². The van der Waals surface area contributed by atoms with E-state index in [1.165, 1.54) is 30.3 Å². The summed E-state index contributed by atoms with van der Waals surface area (Å²) in [6.07, 6.45) is 0.486. The quantitative estimate of drug-likeness (QED) is 0.379. The molecule has 3 aromatic heterocycles. The van der Waals surface area contributed by atoms with E-state index in [2.05, 4.69) is 19.9 Å². The molecule has 0 radical (unpaired) electrons. The number of halogens is 3. The third-order valence-electron chi connectivity index (χ3n) is 5.32. The third kappa shape index (κ3) is 5.24. The zero-order chi connectivity index (χ0) is 25.1. The molecule has 0 aliphatic carbocycles. The highest BCUT2D eigenvalue weighted by Crippen LogP contribution is 2.39. The molecule has 8 nitrogen and oxygen atoms in total. The lowest BCUT2D eigenvalue weighted by molar-refractivity contribution is 0.146. The molecule has 1 atom stereocenters. The molecular formula is C24H23F3N6O2. The van der Waals surface area contributed by atoms with Crippen LogP contribution in [0.1, 0.15) is 36.6 Å². The van der Waals surface area contributed by atoms with Gasteiger partial charge in [-0.05, 0) is 55.8 Å². The number of aliphatic hydroxyl groups is 1. The number of nitrogen functional groups attached to an aromatic ring is 1. The van der Waals surface area contributed by atoms with Gasteiger partial charge in [0.1, 0.15) is 23.9 Å². The number of rotatable bonds is 8. The van der Waals surface area contributed by atoms with Crippen molar-refractivity contribution in [2.45, 2.75) is 32.9 Å². The minimum absolute atomic E-state index is 0.0360. The summed E-state index contributed by atoms with van der Waals surface area (Å²) in [5.74, 6) is -0.0144. The number of imidazole rings is 1. The van der Waals surface area contributed by atoms with Crippen LogP contribution in [0.3, 0.4) is 0 Å². The van der Waals surface area contributed by atoms with Crippen LogP contribution in [0, 0.1) is 12.7 Å². The summed E-state index contributed by atoms with van der Waals surface area (Å²) >= 11 is 0. The van der Waals surface area contributed by atoms with Gasteiger partial charge in [0, 0.05) is 23.7 Å². The summed E-state index contributed by atoms with van der Waals surface area (Å²) in [6, 6.07) is 8.12. The summed E-state index contributed by atoms with van der Waals surface area (Å²) < 4.78 is 48.4. The molecule has 4 rings (SSSR count). The predicted molar refractivity (Wildman–Crippen MR) is 123 cm³/mol. The number of nitrogens with zero attached hydrogens (tertiary/aromatic N) is 5. The fraction of sp³-hybridized carbons (Fsp3) is 0.250. The highest BCUT2D eigenvalue weighted by molar-refractivity contribution is 5.85. The first kappa shape index (κ1) is 24.1. The monoisotopic (exact) mass is 484 g/mol. The Balaban J connectivity index is 1.87. The first-order valence-electron chi connectivity index (χ1n) is 10.7. The van der Waals surface area contributed by atoms with Crippen LogP contribution < -0.4 is 10.5 Å². The molecule has 0 amide bonds. The second-order valence-corrected chi connectivity index (χ2v) is 7.91. The number of pyridine rings is 1. The number of aryl methyl sites for hydroxylation is 1. The fourth-order valence-corrected chi connectivity index (χ4v) is 3.67. The Hall–Kier alpha value is -3.99. The summed E-state index contributed by atoms with van der Waals surface area (Å²) in [4.78, 5) is 16.7. The summed E-state index contributed by atoms with van der Waals surface area (Å²) in [6.45, 7) is 3.27. The van der Waals surface area contributed by atoms with Crippen molar-refractivity contribution in [1.82, 2.24) is 24.5 Å². The fourth-order valence-electron chi connectivity index (χ4n) is 3.67. The largest absolute Gasteiger partial charge is 0.469 e. The Labute approximate surface area is 199 Å². The van der Waals surface area contributed by atoms with Crippen LogP contribution in [-0.4, -0.2) is 36.2 Å². The molecule has 1 aromatic carbocycles. The van der Waals surface area contributed by atoms with Crippen LogP contribution >= 0.6 is 0 Å². The van der Waals surface area contributed by atoms with E-state index in [1.807, 2.05) is 6.92 Å². The molecule has 11 heteroatoms. The van der Waals surface area contributed by atoms with Crippen LogP contribution in [0.15, 0.2) is 48.8 Å². The van der Waals surface area contributed by atoms with Crippen molar-refractivity contribution in [1.29, 1.82) is 0 Å². The molecule has 0 aliphatic rings. The molecule has 3 heterocycles. The topological polar surface area (TPSA) is 112 Å². The highest BCUT2D eigenvalue weighted by atomic mass is 19.3. The standard InChI is InChI=1S/C24H23F3N6O2/c1-13-9-16(10-18(30-13)22(26)27)20-21(15-3-5-17(25)6-4-15)31-24(28)32-23(20)35-12-19-29-7-8-33(19)14(2)11-34/h3-10,14,22,34H,11-12H2,1-2H3,(H2,28,31,32)/t14-/m0/s1. The van der Waals surface area contributed by atoms with Gasteiger partial charge in [0.15, 0.2) is 0 Å². The zero-order valence-corrected chi connectivity index (χ0v) is 19.0. The maximum atomic E-state index is 13.6. The molecule has 0 bridgehead atoms. The van der Waals surface area contributed by atoms with E-state index in [9.17, 15) is 18.3 Å². The lowest BCUT2D eigenvalue weighted by Gasteiger charge is -2.18. The molecule has 0 saturated carbocycles. The average Bonchev–Trinajstić information content (AvgIpc) is 3.30. The second-order valence-electron chi connectivity index (χ2n) is 7.91. The third-order valence-corrected chi connectivity index (χ3v) is 5.32. The Kier molecular flexibility index (Phi) is 6.97. The molecule has 0 unspecified atom stereocenters. The van der Waals surface area contributed by atoms with Crippen molar-refractivity contribution < 1.29 is 23.0 Å². The number of nitrogens with two attached hydrogens (primary N) is 1. The van der Waals surface area contributed by atoms with E-state index in [0.29, 0.717) is 28.2 Å². The van der Waals surface area contributed by atoms with Gasteiger partial charge in [-0.25, -0.2) is 23.1 Å². The first-order valence-corrected chi connectivity index (χ1v) is 10.7. The van der Waals surface area contributed by atoms with E-state index in [-0.39, 0.29) is 36.8 Å². The zero-order valence-electron chi connectivity index (χ0n) is 19.0. The average molecular weight is 484 g/mol. The number of benzene rings is 1. The molecule has 35 heavy (non-hydrogen) atoms. The lowest BCUT2D eigenvalue weighted by atomic mass is 9.99. The SMILES string of the molecule is Cc1cc(-c2c(OCc3nccn3[C@@H](C)CO)nc(N)nc2-c2ccc(F)cc2)cc(C(F)F)n1. The van der Waals surface area contributed by atoms with Crippen molar-refractivity contribution >= 4 is 5.95 Å². The van der Waals surface area contributed by atoms with E-state index in [4.69, 9.17) is 10.5 Å². The van der Waals surface area contributed by atoms with Crippen molar-refractivity contribution in [3.8, 4) is 28.3 Å². The second kappa shape index (κ2) is 10.1. The summed E-state index contributed by atoms with van der Waals surface area (Å²) in [5, 5.41) is 9.50. The molecular weight excluding hydrogens is 461 g/mol. The Morgan fingerprint density at radius 1 is 1.09 bits per heavy atom. The van der Waals surface area contributed by atoms with Crippen molar-refractivity contribution in [2.75, 3.05) is 12.3 Å². The number of hydrogen-bond donors (Lipinski definition) is 2. The van der Waals surface area contributed by atoms with Gasteiger partial charge >= 0.3 is 0 Å². The maximum absolute atomic E-state index is 13.6.